The maximum Gasteiger partial charge on any atom is 0.0967 e. The van der Waals surface area contributed by atoms with Crippen molar-refractivity contribution in [3.05, 3.63) is 54.9 Å². The lowest BCUT2D eigenvalue weighted by molar-refractivity contribution is 1.35. The quantitative estimate of drug-likeness (QED) is 0.446. The third kappa shape index (κ3) is 1.12. The SMILES string of the molecule is c1ccc2c(c1)ccc1ccc3[nH]cnc3c12. The topological polar surface area (TPSA) is 28.7 Å². The van der Waals surface area contributed by atoms with Gasteiger partial charge in [-0.1, -0.05) is 42.5 Å². The number of nitrogens with zero attached hydrogens (tertiary/aromatic N) is 1. The molecule has 17 heavy (non-hydrogen) atoms. The highest BCUT2D eigenvalue weighted by Crippen LogP contribution is 2.30. The van der Waals surface area contributed by atoms with Gasteiger partial charge in [-0.2, -0.15) is 0 Å². The molecule has 0 spiro atoms. The van der Waals surface area contributed by atoms with E-state index in [1.165, 1.54) is 21.5 Å². The first-order chi connectivity index (χ1) is 8.43. The Morgan fingerprint density at radius 3 is 2.65 bits per heavy atom. The Morgan fingerprint density at radius 2 is 1.65 bits per heavy atom. The number of benzene rings is 3. The van der Waals surface area contributed by atoms with Crippen LogP contribution in [0, 0.1) is 0 Å². The van der Waals surface area contributed by atoms with E-state index in [0.29, 0.717) is 0 Å². The third-order valence-corrected chi connectivity index (χ3v) is 3.30. The van der Waals surface area contributed by atoms with Gasteiger partial charge >= 0.3 is 0 Å². The van der Waals surface area contributed by atoms with Crippen molar-refractivity contribution in [2.24, 2.45) is 0 Å². The lowest BCUT2D eigenvalue weighted by Crippen LogP contribution is -1.79. The molecule has 4 aromatic rings. The van der Waals surface area contributed by atoms with Crippen molar-refractivity contribution in [2.75, 3.05) is 0 Å². The molecule has 0 aliphatic carbocycles. The van der Waals surface area contributed by atoms with Gasteiger partial charge in [0.25, 0.3) is 0 Å². The molecule has 4 rings (SSSR count). The molecular formula is C15H10N2. The average molecular weight is 218 g/mol. The fraction of sp³-hybridized carbons (Fsp3) is 0. The zero-order valence-electron chi connectivity index (χ0n) is 9.14. The second kappa shape index (κ2) is 3.08. The molecule has 1 aromatic heterocycles. The predicted molar refractivity (Wildman–Crippen MR) is 71.1 cm³/mol. The molecule has 0 saturated carbocycles. The Hall–Kier alpha value is -2.35. The van der Waals surface area contributed by atoms with Gasteiger partial charge in [0, 0.05) is 5.39 Å². The summed E-state index contributed by atoms with van der Waals surface area (Å²) >= 11 is 0. The second-order valence-corrected chi connectivity index (χ2v) is 4.25. The van der Waals surface area contributed by atoms with Crippen LogP contribution in [0.2, 0.25) is 0 Å². The first kappa shape index (κ1) is 8.76. The largest absolute Gasteiger partial charge is 0.345 e. The van der Waals surface area contributed by atoms with Crippen molar-refractivity contribution in [3.8, 4) is 0 Å². The molecule has 0 amide bonds. The van der Waals surface area contributed by atoms with Crippen molar-refractivity contribution in [2.45, 2.75) is 0 Å². The fourth-order valence-corrected chi connectivity index (χ4v) is 2.50. The average Bonchev–Trinajstić information content (AvgIpc) is 2.86. The molecule has 2 heteroatoms. The highest BCUT2D eigenvalue weighted by molar-refractivity contribution is 6.18. The van der Waals surface area contributed by atoms with Crippen LogP contribution >= 0.6 is 0 Å². The van der Waals surface area contributed by atoms with Crippen LogP contribution in [0.25, 0.3) is 32.6 Å². The van der Waals surface area contributed by atoms with Crippen LogP contribution < -0.4 is 0 Å². The predicted octanol–water partition coefficient (Wildman–Crippen LogP) is 3.87. The summed E-state index contributed by atoms with van der Waals surface area (Å²) in [4.78, 5) is 7.61. The highest BCUT2D eigenvalue weighted by atomic mass is 14.9. The van der Waals surface area contributed by atoms with E-state index in [-0.39, 0.29) is 0 Å². The molecule has 0 aliphatic heterocycles. The van der Waals surface area contributed by atoms with Gasteiger partial charge in [-0.3, -0.25) is 0 Å². The van der Waals surface area contributed by atoms with E-state index in [9.17, 15) is 0 Å². The number of hydrogen-bond donors (Lipinski definition) is 1. The molecule has 1 N–H and O–H groups in total. The van der Waals surface area contributed by atoms with Crippen LogP contribution in [0.3, 0.4) is 0 Å². The number of H-pyrrole nitrogens is 1. The Bertz CT molecular complexity index is 843. The zero-order valence-corrected chi connectivity index (χ0v) is 9.14. The fourth-order valence-electron chi connectivity index (χ4n) is 2.50. The van der Waals surface area contributed by atoms with Crippen molar-refractivity contribution >= 4 is 32.6 Å². The number of fused-ring (bicyclic) bond motifs is 5. The van der Waals surface area contributed by atoms with Crippen LogP contribution in [0.15, 0.2) is 54.9 Å². The lowest BCUT2D eigenvalue weighted by atomic mass is 10.0. The Kier molecular flexibility index (Phi) is 1.59. The van der Waals surface area contributed by atoms with Crippen LogP contribution in [0.5, 0.6) is 0 Å². The molecule has 0 atom stereocenters. The normalized spacial score (nSPS) is 11.5. The molecule has 2 nitrogen and oxygen atoms in total. The van der Waals surface area contributed by atoms with Gasteiger partial charge in [-0.05, 0) is 22.2 Å². The van der Waals surface area contributed by atoms with Gasteiger partial charge < -0.3 is 4.98 Å². The van der Waals surface area contributed by atoms with E-state index in [1.807, 2.05) is 0 Å². The first-order valence-electron chi connectivity index (χ1n) is 5.67. The highest BCUT2D eigenvalue weighted by Gasteiger charge is 2.06. The maximum absolute atomic E-state index is 4.44. The number of aromatic amines is 1. The molecule has 1 heterocycles. The Morgan fingerprint density at radius 1 is 0.824 bits per heavy atom. The number of aromatic nitrogens is 2. The summed E-state index contributed by atoms with van der Waals surface area (Å²) in [6, 6.07) is 17.0. The monoisotopic (exact) mass is 218 g/mol. The second-order valence-electron chi connectivity index (χ2n) is 4.25. The van der Waals surface area contributed by atoms with E-state index < -0.39 is 0 Å². The summed E-state index contributed by atoms with van der Waals surface area (Å²) in [5.74, 6) is 0. The molecule has 0 aliphatic rings. The van der Waals surface area contributed by atoms with Crippen LogP contribution in [0.4, 0.5) is 0 Å². The molecule has 3 aromatic carbocycles. The summed E-state index contributed by atoms with van der Waals surface area (Å²) in [5, 5.41) is 5.00. The summed E-state index contributed by atoms with van der Waals surface area (Å²) in [5.41, 5.74) is 2.15. The number of nitrogens with one attached hydrogen (secondary N) is 1. The van der Waals surface area contributed by atoms with Crippen molar-refractivity contribution in [1.82, 2.24) is 9.97 Å². The molecule has 0 unspecified atom stereocenters. The minimum atomic E-state index is 1.05. The molecule has 0 saturated heterocycles. The minimum Gasteiger partial charge on any atom is -0.345 e. The van der Waals surface area contributed by atoms with Crippen molar-refractivity contribution < 1.29 is 0 Å². The molecular weight excluding hydrogens is 208 g/mol. The van der Waals surface area contributed by atoms with Gasteiger partial charge in [-0.25, -0.2) is 4.98 Å². The Balaban J connectivity index is 2.41. The number of imidazole rings is 1. The first-order valence-corrected chi connectivity index (χ1v) is 5.67. The van der Waals surface area contributed by atoms with Gasteiger partial charge in [0.15, 0.2) is 0 Å². The molecule has 0 bridgehead atoms. The van der Waals surface area contributed by atoms with E-state index in [4.69, 9.17) is 0 Å². The van der Waals surface area contributed by atoms with Crippen LogP contribution in [-0.4, -0.2) is 9.97 Å². The third-order valence-electron chi connectivity index (χ3n) is 3.30. The van der Waals surface area contributed by atoms with Crippen molar-refractivity contribution in [3.63, 3.8) is 0 Å². The van der Waals surface area contributed by atoms with Gasteiger partial charge in [0.1, 0.15) is 0 Å². The van der Waals surface area contributed by atoms with E-state index in [2.05, 4.69) is 58.5 Å². The van der Waals surface area contributed by atoms with E-state index >= 15 is 0 Å². The summed E-state index contributed by atoms with van der Waals surface area (Å²) < 4.78 is 0. The minimum absolute atomic E-state index is 1.05. The molecule has 80 valence electrons. The smallest absolute Gasteiger partial charge is 0.0967 e. The van der Waals surface area contributed by atoms with Crippen LogP contribution in [0.1, 0.15) is 0 Å². The van der Waals surface area contributed by atoms with Crippen LogP contribution in [-0.2, 0) is 0 Å². The number of hydrogen-bond acceptors (Lipinski definition) is 1. The van der Waals surface area contributed by atoms with E-state index in [0.717, 1.165) is 11.0 Å². The molecule has 0 fully saturated rings. The van der Waals surface area contributed by atoms with Crippen molar-refractivity contribution in [1.29, 1.82) is 0 Å². The van der Waals surface area contributed by atoms with Gasteiger partial charge in [0.2, 0.25) is 0 Å². The van der Waals surface area contributed by atoms with Gasteiger partial charge in [-0.15, -0.1) is 0 Å². The summed E-state index contributed by atoms with van der Waals surface area (Å²) in [6.45, 7) is 0. The van der Waals surface area contributed by atoms with Gasteiger partial charge in [0.05, 0.1) is 17.4 Å². The summed E-state index contributed by atoms with van der Waals surface area (Å²) in [7, 11) is 0. The van der Waals surface area contributed by atoms with E-state index in [1.54, 1.807) is 6.33 Å². The maximum atomic E-state index is 4.44. The molecule has 0 radical (unpaired) electrons. The summed E-state index contributed by atoms with van der Waals surface area (Å²) in [6.07, 6.45) is 1.76. The lowest BCUT2D eigenvalue weighted by Gasteiger charge is -2.04. The zero-order chi connectivity index (χ0) is 11.2. The standard InChI is InChI=1S/C15H10N2/c1-2-4-12-10(3-1)5-6-11-7-8-13-15(14(11)12)17-9-16-13/h1-9H,(H,16,17). The number of rotatable bonds is 0. The Labute approximate surface area is 97.9 Å².